The van der Waals surface area contributed by atoms with Crippen LogP contribution in [0.2, 0.25) is 0 Å². The summed E-state index contributed by atoms with van der Waals surface area (Å²) < 4.78 is 34.8. The average Bonchev–Trinajstić information content (AvgIpc) is 2.99. The quantitative estimate of drug-likeness (QED) is 0.668. The summed E-state index contributed by atoms with van der Waals surface area (Å²) >= 11 is 0. The molecule has 25 heavy (non-hydrogen) atoms. The number of amides is 1. The fourth-order valence-electron chi connectivity index (χ4n) is 2.63. The number of nitrogens with two attached hydrogens (primary N) is 1. The summed E-state index contributed by atoms with van der Waals surface area (Å²) in [5, 5.41) is 0. The van der Waals surface area contributed by atoms with Crippen LogP contribution < -0.4 is 10.5 Å². The molecule has 2 N–H and O–H groups in total. The van der Waals surface area contributed by atoms with Gasteiger partial charge in [-0.15, -0.1) is 0 Å². The van der Waals surface area contributed by atoms with Gasteiger partial charge < -0.3 is 15.0 Å². The molecule has 5 nitrogen and oxygen atoms in total. The van der Waals surface area contributed by atoms with Crippen LogP contribution in [0.4, 0.5) is 8.78 Å². The molecule has 0 fully saturated rings. The van der Waals surface area contributed by atoms with Crippen molar-refractivity contribution in [1.29, 1.82) is 0 Å². The molecule has 130 valence electrons. The summed E-state index contributed by atoms with van der Waals surface area (Å²) in [4.78, 5) is 15.4. The van der Waals surface area contributed by atoms with E-state index in [4.69, 9.17) is 10.5 Å². The van der Waals surface area contributed by atoms with E-state index >= 15 is 0 Å². The van der Waals surface area contributed by atoms with E-state index in [2.05, 4.69) is 4.98 Å². The lowest BCUT2D eigenvalue weighted by molar-refractivity contribution is 0.0991. The molecule has 0 atom stereocenters. The zero-order chi connectivity index (χ0) is 17.8. The lowest BCUT2D eigenvalue weighted by Crippen LogP contribution is -2.16. The molecule has 0 unspecified atom stereocenters. The Bertz CT molecular complexity index is 908. The van der Waals surface area contributed by atoms with Crippen molar-refractivity contribution in [3.63, 3.8) is 0 Å². The number of hydrogen-bond donors (Lipinski definition) is 1. The fourth-order valence-corrected chi connectivity index (χ4v) is 2.63. The van der Waals surface area contributed by atoms with Crippen LogP contribution in [0.1, 0.15) is 23.2 Å². The SMILES string of the molecule is NC(=O)c1c(F)ccc(OCCCCn2cnc3ccccc32)c1F. The standard InChI is InChI=1S/C18H17F2N3O2/c19-12-7-8-15(17(20)16(12)18(21)24)25-10-4-3-9-23-11-22-13-5-1-2-6-14(13)23/h1-2,5-8,11H,3-4,9-10H2,(H2,21,24). The minimum atomic E-state index is -1.16. The maximum Gasteiger partial charge on any atom is 0.254 e. The third kappa shape index (κ3) is 3.60. The number of primary amides is 1. The third-order valence-electron chi connectivity index (χ3n) is 3.88. The fraction of sp³-hybridized carbons (Fsp3) is 0.222. The molecule has 3 rings (SSSR count). The molecule has 0 aliphatic heterocycles. The number of unbranched alkanes of at least 4 members (excludes halogenated alkanes) is 1. The first-order valence-electron chi connectivity index (χ1n) is 7.88. The number of carbonyl (C=O) groups excluding carboxylic acids is 1. The Labute approximate surface area is 143 Å². The zero-order valence-corrected chi connectivity index (χ0v) is 13.4. The van der Waals surface area contributed by atoms with E-state index in [-0.39, 0.29) is 12.4 Å². The molecule has 1 aromatic heterocycles. The molecule has 0 radical (unpaired) electrons. The highest BCUT2D eigenvalue weighted by Crippen LogP contribution is 2.23. The molecule has 3 aromatic rings. The summed E-state index contributed by atoms with van der Waals surface area (Å²) in [6.45, 7) is 0.996. The molecule has 0 bridgehead atoms. The highest BCUT2D eigenvalue weighted by Gasteiger charge is 2.19. The zero-order valence-electron chi connectivity index (χ0n) is 13.4. The van der Waals surface area contributed by atoms with Crippen molar-refractivity contribution in [1.82, 2.24) is 9.55 Å². The second-order valence-electron chi connectivity index (χ2n) is 5.58. The van der Waals surface area contributed by atoms with Crippen LogP contribution >= 0.6 is 0 Å². The maximum atomic E-state index is 14.0. The largest absolute Gasteiger partial charge is 0.490 e. The predicted molar refractivity (Wildman–Crippen MR) is 89.3 cm³/mol. The van der Waals surface area contributed by atoms with E-state index in [1.165, 1.54) is 0 Å². The van der Waals surface area contributed by atoms with Crippen LogP contribution in [0.5, 0.6) is 5.75 Å². The van der Waals surface area contributed by atoms with Gasteiger partial charge >= 0.3 is 0 Å². The molecule has 0 spiro atoms. The van der Waals surface area contributed by atoms with Crippen molar-refractivity contribution in [3.8, 4) is 5.75 Å². The first-order chi connectivity index (χ1) is 12.1. The predicted octanol–water partition coefficient (Wildman–Crippen LogP) is 3.27. The molecule has 1 amide bonds. The Morgan fingerprint density at radius 3 is 2.76 bits per heavy atom. The molecule has 0 saturated carbocycles. The van der Waals surface area contributed by atoms with Gasteiger partial charge in [-0.05, 0) is 37.1 Å². The Morgan fingerprint density at radius 1 is 1.16 bits per heavy atom. The number of benzene rings is 2. The minimum Gasteiger partial charge on any atom is -0.490 e. The number of nitrogens with zero attached hydrogens (tertiary/aromatic N) is 2. The monoisotopic (exact) mass is 345 g/mol. The number of para-hydroxylation sites is 2. The van der Waals surface area contributed by atoms with Crippen molar-refractivity contribution < 1.29 is 18.3 Å². The number of hydrogen-bond acceptors (Lipinski definition) is 3. The number of aromatic nitrogens is 2. The number of aryl methyl sites for hydroxylation is 1. The molecular weight excluding hydrogens is 328 g/mol. The Hall–Kier alpha value is -2.96. The summed E-state index contributed by atoms with van der Waals surface area (Å²) in [5.41, 5.74) is 6.19. The average molecular weight is 345 g/mol. The van der Waals surface area contributed by atoms with Gasteiger partial charge in [-0.25, -0.2) is 13.8 Å². The van der Waals surface area contributed by atoms with Crippen LogP contribution in [0.25, 0.3) is 11.0 Å². The van der Waals surface area contributed by atoms with Gasteiger partial charge in [-0.2, -0.15) is 0 Å². The van der Waals surface area contributed by atoms with E-state index in [1.807, 2.05) is 28.8 Å². The third-order valence-corrected chi connectivity index (χ3v) is 3.88. The van der Waals surface area contributed by atoms with Crippen molar-refractivity contribution in [2.75, 3.05) is 6.61 Å². The van der Waals surface area contributed by atoms with Crippen molar-refractivity contribution in [3.05, 3.63) is 59.9 Å². The van der Waals surface area contributed by atoms with Crippen LogP contribution in [-0.4, -0.2) is 22.1 Å². The number of rotatable bonds is 7. The minimum absolute atomic E-state index is 0.178. The highest BCUT2D eigenvalue weighted by atomic mass is 19.1. The van der Waals surface area contributed by atoms with Crippen LogP contribution in [0.15, 0.2) is 42.7 Å². The van der Waals surface area contributed by atoms with E-state index in [9.17, 15) is 13.6 Å². The van der Waals surface area contributed by atoms with Crippen LogP contribution in [0.3, 0.4) is 0 Å². The first kappa shape index (κ1) is 16.9. The van der Waals surface area contributed by atoms with E-state index in [1.54, 1.807) is 6.33 Å². The summed E-state index contributed by atoms with van der Waals surface area (Å²) in [7, 11) is 0. The second kappa shape index (κ2) is 7.29. The van der Waals surface area contributed by atoms with Crippen LogP contribution in [-0.2, 0) is 6.54 Å². The smallest absolute Gasteiger partial charge is 0.254 e. The van der Waals surface area contributed by atoms with Crippen molar-refractivity contribution in [2.45, 2.75) is 19.4 Å². The molecule has 0 saturated heterocycles. The second-order valence-corrected chi connectivity index (χ2v) is 5.58. The van der Waals surface area contributed by atoms with Gasteiger partial charge in [0.25, 0.3) is 5.91 Å². The van der Waals surface area contributed by atoms with Gasteiger partial charge in [-0.3, -0.25) is 4.79 Å². The molecule has 2 aromatic carbocycles. The highest BCUT2D eigenvalue weighted by molar-refractivity contribution is 5.93. The van der Waals surface area contributed by atoms with Crippen molar-refractivity contribution >= 4 is 16.9 Å². The van der Waals surface area contributed by atoms with E-state index < -0.39 is 23.1 Å². The lowest BCUT2D eigenvalue weighted by atomic mass is 10.1. The normalized spacial score (nSPS) is 11.0. The van der Waals surface area contributed by atoms with Crippen molar-refractivity contribution in [2.24, 2.45) is 5.73 Å². The Balaban J connectivity index is 1.54. The van der Waals surface area contributed by atoms with E-state index in [0.717, 1.165) is 36.1 Å². The topological polar surface area (TPSA) is 70.1 Å². The summed E-state index contributed by atoms with van der Waals surface area (Å²) in [5.74, 6) is -3.40. The number of ether oxygens (including phenoxy) is 1. The molecule has 1 heterocycles. The van der Waals surface area contributed by atoms with Gasteiger partial charge in [0.2, 0.25) is 0 Å². The number of imidazole rings is 1. The molecular formula is C18H17F2N3O2. The number of halogens is 2. The molecule has 0 aliphatic rings. The van der Waals surface area contributed by atoms with Crippen LogP contribution in [0, 0.1) is 11.6 Å². The Kier molecular flexibility index (Phi) is 4.92. The van der Waals surface area contributed by atoms with E-state index in [0.29, 0.717) is 6.42 Å². The van der Waals surface area contributed by atoms with Gasteiger partial charge in [0.1, 0.15) is 11.4 Å². The first-order valence-corrected chi connectivity index (χ1v) is 7.88. The van der Waals surface area contributed by atoms with Gasteiger partial charge in [0.15, 0.2) is 11.6 Å². The van der Waals surface area contributed by atoms with Gasteiger partial charge in [0.05, 0.1) is 24.0 Å². The summed E-state index contributed by atoms with van der Waals surface area (Å²) in [6, 6.07) is 9.96. The maximum absolute atomic E-state index is 14.0. The molecule has 7 heteroatoms. The van der Waals surface area contributed by atoms with Gasteiger partial charge in [-0.1, -0.05) is 12.1 Å². The number of carbonyl (C=O) groups is 1. The van der Waals surface area contributed by atoms with Gasteiger partial charge in [0, 0.05) is 6.54 Å². The molecule has 0 aliphatic carbocycles. The lowest BCUT2D eigenvalue weighted by Gasteiger charge is -2.10. The number of fused-ring (bicyclic) bond motifs is 1. The summed E-state index contributed by atoms with van der Waals surface area (Å²) in [6.07, 6.45) is 3.24. The Morgan fingerprint density at radius 2 is 1.96 bits per heavy atom.